The van der Waals surface area contributed by atoms with Gasteiger partial charge in [-0.15, -0.1) is 0 Å². The molecule has 0 unspecified atom stereocenters. The van der Waals surface area contributed by atoms with Crippen LogP contribution in [0.3, 0.4) is 0 Å². The van der Waals surface area contributed by atoms with E-state index in [2.05, 4.69) is 24.8 Å². The molecule has 2 N–H and O–H groups in total. The third-order valence-corrected chi connectivity index (χ3v) is 2.80. The molecule has 0 aliphatic carbocycles. The normalized spacial score (nSPS) is 10.5. The SMILES string of the molecule is COC(=O)c1[nH]c(C)cc1NC(=O)c1ccnc(OC(F)F)c1. The Balaban J connectivity index is 2.21. The van der Waals surface area contributed by atoms with Gasteiger partial charge in [0.15, 0.2) is 0 Å². The lowest BCUT2D eigenvalue weighted by atomic mass is 10.2. The highest BCUT2D eigenvalue weighted by Crippen LogP contribution is 2.20. The molecule has 122 valence electrons. The molecule has 1 amide bonds. The predicted octanol–water partition coefficient (Wildman–Crippen LogP) is 2.36. The molecule has 0 aliphatic rings. The van der Waals surface area contributed by atoms with Crippen LogP contribution >= 0.6 is 0 Å². The first kappa shape index (κ1) is 16.4. The van der Waals surface area contributed by atoms with Gasteiger partial charge in [0.05, 0.1) is 12.8 Å². The number of nitrogens with one attached hydrogen (secondary N) is 2. The highest BCUT2D eigenvalue weighted by Gasteiger charge is 2.18. The summed E-state index contributed by atoms with van der Waals surface area (Å²) in [6, 6.07) is 3.94. The number of amides is 1. The molecule has 0 radical (unpaired) electrons. The number of carbonyl (C=O) groups excluding carboxylic acids is 2. The predicted molar refractivity (Wildman–Crippen MR) is 75.7 cm³/mol. The van der Waals surface area contributed by atoms with Gasteiger partial charge in [0.25, 0.3) is 5.91 Å². The second-order valence-electron chi connectivity index (χ2n) is 4.45. The van der Waals surface area contributed by atoms with Gasteiger partial charge in [0.2, 0.25) is 5.88 Å². The highest BCUT2D eigenvalue weighted by atomic mass is 19.3. The van der Waals surface area contributed by atoms with E-state index >= 15 is 0 Å². The molecule has 0 fully saturated rings. The maximum atomic E-state index is 12.2. The number of ether oxygens (including phenoxy) is 2. The molecule has 0 aromatic carbocycles. The lowest BCUT2D eigenvalue weighted by molar-refractivity contribution is -0.0528. The van der Waals surface area contributed by atoms with Gasteiger partial charge in [0, 0.05) is 23.5 Å². The van der Waals surface area contributed by atoms with Crippen LogP contribution in [-0.4, -0.2) is 35.6 Å². The van der Waals surface area contributed by atoms with Gasteiger partial charge in [-0.2, -0.15) is 8.78 Å². The lowest BCUT2D eigenvalue weighted by Gasteiger charge is -2.07. The summed E-state index contributed by atoms with van der Waals surface area (Å²) in [5, 5.41) is 2.50. The highest BCUT2D eigenvalue weighted by molar-refractivity contribution is 6.07. The summed E-state index contributed by atoms with van der Waals surface area (Å²) in [6.45, 7) is -1.35. The molecule has 0 aliphatic heterocycles. The molecule has 2 heterocycles. The first-order chi connectivity index (χ1) is 10.9. The Labute approximate surface area is 129 Å². The van der Waals surface area contributed by atoms with Crippen molar-refractivity contribution in [3.63, 3.8) is 0 Å². The van der Waals surface area contributed by atoms with Gasteiger partial charge in [-0.25, -0.2) is 9.78 Å². The van der Waals surface area contributed by atoms with Crippen LogP contribution in [0.5, 0.6) is 5.88 Å². The van der Waals surface area contributed by atoms with Crippen molar-refractivity contribution in [3.8, 4) is 5.88 Å². The van der Waals surface area contributed by atoms with Crippen LogP contribution in [0, 0.1) is 6.92 Å². The zero-order valence-corrected chi connectivity index (χ0v) is 12.2. The molecule has 23 heavy (non-hydrogen) atoms. The van der Waals surface area contributed by atoms with E-state index in [1.165, 1.54) is 13.2 Å². The van der Waals surface area contributed by atoms with Gasteiger partial charge < -0.3 is 19.8 Å². The van der Waals surface area contributed by atoms with E-state index in [1.807, 2.05) is 0 Å². The fourth-order valence-electron chi connectivity index (χ4n) is 1.85. The van der Waals surface area contributed by atoms with Gasteiger partial charge in [-0.3, -0.25) is 4.79 Å². The molecule has 2 aromatic rings. The first-order valence-corrected chi connectivity index (χ1v) is 6.41. The van der Waals surface area contributed by atoms with Crippen LogP contribution in [0.15, 0.2) is 24.4 Å². The van der Waals surface area contributed by atoms with E-state index in [-0.39, 0.29) is 22.8 Å². The van der Waals surface area contributed by atoms with E-state index in [4.69, 9.17) is 0 Å². The number of anilines is 1. The van der Waals surface area contributed by atoms with Crippen molar-refractivity contribution in [2.24, 2.45) is 0 Å². The van der Waals surface area contributed by atoms with Crippen LogP contribution in [0.25, 0.3) is 0 Å². The molecule has 7 nitrogen and oxygen atoms in total. The monoisotopic (exact) mass is 325 g/mol. The summed E-state index contributed by atoms with van der Waals surface area (Å²) in [4.78, 5) is 30.1. The summed E-state index contributed by atoms with van der Waals surface area (Å²) < 4.78 is 33.1. The number of hydrogen-bond acceptors (Lipinski definition) is 5. The molecule has 9 heteroatoms. The minimum atomic E-state index is -3.04. The Bertz CT molecular complexity index is 731. The van der Waals surface area contributed by atoms with E-state index < -0.39 is 18.5 Å². The van der Waals surface area contributed by atoms with Gasteiger partial charge in [-0.1, -0.05) is 0 Å². The second kappa shape index (κ2) is 6.86. The van der Waals surface area contributed by atoms with E-state index in [9.17, 15) is 18.4 Å². The van der Waals surface area contributed by atoms with Crippen molar-refractivity contribution < 1.29 is 27.8 Å². The number of nitrogens with zero attached hydrogens (tertiary/aromatic N) is 1. The molecule has 0 bridgehead atoms. The minimum Gasteiger partial charge on any atom is -0.464 e. The van der Waals surface area contributed by atoms with Gasteiger partial charge >= 0.3 is 12.6 Å². The number of aryl methyl sites for hydroxylation is 1. The maximum absolute atomic E-state index is 12.2. The summed E-state index contributed by atoms with van der Waals surface area (Å²) in [5.74, 6) is -1.65. The Morgan fingerprint density at radius 3 is 2.74 bits per heavy atom. The number of H-pyrrole nitrogens is 1. The van der Waals surface area contributed by atoms with Crippen molar-refractivity contribution in [3.05, 3.63) is 41.3 Å². The quantitative estimate of drug-likeness (QED) is 0.823. The van der Waals surface area contributed by atoms with Crippen molar-refractivity contribution in [1.29, 1.82) is 0 Å². The van der Waals surface area contributed by atoms with Crippen molar-refractivity contribution in [2.45, 2.75) is 13.5 Å². The van der Waals surface area contributed by atoms with Crippen molar-refractivity contribution in [1.82, 2.24) is 9.97 Å². The number of esters is 1. The zero-order valence-electron chi connectivity index (χ0n) is 12.2. The maximum Gasteiger partial charge on any atom is 0.388 e. The van der Waals surface area contributed by atoms with Crippen LogP contribution in [0.2, 0.25) is 0 Å². The number of aromatic amines is 1. The number of aromatic nitrogens is 2. The molecular weight excluding hydrogens is 312 g/mol. The molecular formula is C14H13F2N3O4. The summed E-state index contributed by atoms with van der Waals surface area (Å²) >= 11 is 0. The average Bonchev–Trinajstić information content (AvgIpc) is 2.86. The Morgan fingerprint density at radius 2 is 2.09 bits per heavy atom. The summed E-state index contributed by atoms with van der Waals surface area (Å²) in [7, 11) is 1.21. The summed E-state index contributed by atoms with van der Waals surface area (Å²) in [5.41, 5.74) is 0.978. The van der Waals surface area contributed by atoms with E-state index in [1.54, 1.807) is 13.0 Å². The molecule has 0 saturated heterocycles. The van der Waals surface area contributed by atoms with Crippen LogP contribution in [0.4, 0.5) is 14.5 Å². The average molecular weight is 325 g/mol. The number of pyridine rings is 1. The fourth-order valence-corrected chi connectivity index (χ4v) is 1.85. The minimum absolute atomic E-state index is 0.0466. The van der Waals surface area contributed by atoms with E-state index in [0.717, 1.165) is 12.3 Å². The van der Waals surface area contributed by atoms with E-state index in [0.29, 0.717) is 5.69 Å². The lowest BCUT2D eigenvalue weighted by Crippen LogP contribution is -2.15. The third-order valence-electron chi connectivity index (χ3n) is 2.80. The third kappa shape index (κ3) is 4.02. The Kier molecular flexibility index (Phi) is 4.89. The Morgan fingerprint density at radius 1 is 1.35 bits per heavy atom. The molecule has 0 atom stereocenters. The number of hydrogen-bond donors (Lipinski definition) is 2. The second-order valence-corrected chi connectivity index (χ2v) is 4.45. The topological polar surface area (TPSA) is 93.3 Å². The van der Waals surface area contributed by atoms with Crippen LogP contribution in [-0.2, 0) is 4.74 Å². The number of methoxy groups -OCH3 is 1. The molecule has 0 spiro atoms. The number of alkyl halides is 2. The van der Waals surface area contributed by atoms with Gasteiger partial charge in [-0.05, 0) is 19.1 Å². The number of halogens is 2. The zero-order chi connectivity index (χ0) is 17.0. The first-order valence-electron chi connectivity index (χ1n) is 6.41. The van der Waals surface area contributed by atoms with Crippen LogP contribution < -0.4 is 10.1 Å². The van der Waals surface area contributed by atoms with Crippen molar-refractivity contribution >= 4 is 17.6 Å². The van der Waals surface area contributed by atoms with Crippen molar-refractivity contribution in [2.75, 3.05) is 12.4 Å². The standard InChI is InChI=1S/C14H13F2N3O4/c1-7-5-9(11(18-7)13(21)22-2)19-12(20)8-3-4-17-10(6-8)23-14(15)16/h3-6,14,18H,1-2H3,(H,19,20). The Hall–Kier alpha value is -2.97. The fraction of sp³-hybridized carbons (Fsp3) is 0.214. The number of rotatable bonds is 5. The largest absolute Gasteiger partial charge is 0.464 e. The molecule has 0 saturated carbocycles. The molecule has 2 rings (SSSR count). The summed E-state index contributed by atoms with van der Waals surface area (Å²) in [6.07, 6.45) is 1.16. The molecule has 2 aromatic heterocycles. The van der Waals surface area contributed by atoms with Crippen LogP contribution in [0.1, 0.15) is 26.5 Å². The smallest absolute Gasteiger partial charge is 0.388 e. The van der Waals surface area contributed by atoms with Gasteiger partial charge in [0.1, 0.15) is 5.69 Å². The number of carbonyl (C=O) groups is 2.